The van der Waals surface area contributed by atoms with Crippen molar-refractivity contribution in [2.24, 2.45) is 0 Å². The van der Waals surface area contributed by atoms with Crippen molar-refractivity contribution in [3.63, 3.8) is 0 Å². The summed E-state index contributed by atoms with van der Waals surface area (Å²) in [6.07, 6.45) is 2.80. The minimum absolute atomic E-state index is 0.181. The van der Waals surface area contributed by atoms with E-state index < -0.39 is 5.97 Å². The summed E-state index contributed by atoms with van der Waals surface area (Å²) in [6.45, 7) is 3.97. The van der Waals surface area contributed by atoms with Crippen LogP contribution < -0.4 is 5.32 Å². The average Bonchev–Trinajstić information content (AvgIpc) is 3.16. The lowest BCUT2D eigenvalue weighted by molar-refractivity contribution is -0.116. The highest BCUT2D eigenvalue weighted by atomic mass is 32.1. The molecule has 0 aliphatic rings. The van der Waals surface area contributed by atoms with Gasteiger partial charge in [-0.25, -0.2) is 9.78 Å². The van der Waals surface area contributed by atoms with Crippen molar-refractivity contribution in [2.75, 3.05) is 12.4 Å². The number of hydrogen-bond donors (Lipinski definition) is 1. The Hall–Kier alpha value is -2.29. The first-order valence-electron chi connectivity index (χ1n) is 7.16. The predicted octanol–water partition coefficient (Wildman–Crippen LogP) is 2.40. The lowest BCUT2D eigenvalue weighted by Gasteiger charge is -2.00. The molecule has 2 heterocycles. The van der Waals surface area contributed by atoms with Crippen molar-refractivity contribution in [1.29, 1.82) is 0 Å². The maximum atomic E-state index is 11.8. The third kappa shape index (κ3) is 4.85. The van der Waals surface area contributed by atoms with Gasteiger partial charge >= 0.3 is 5.97 Å². The van der Waals surface area contributed by atoms with Crippen molar-refractivity contribution in [3.05, 3.63) is 22.8 Å². The summed E-state index contributed by atoms with van der Waals surface area (Å²) < 4.78 is 9.70. The minimum atomic E-state index is -0.472. The highest BCUT2D eigenvalue weighted by molar-refractivity contribution is 7.17. The summed E-state index contributed by atoms with van der Waals surface area (Å²) >= 11 is 1.07. The summed E-state index contributed by atoms with van der Waals surface area (Å²) in [6, 6.07) is 0. The molecule has 8 nitrogen and oxygen atoms in total. The molecule has 0 saturated heterocycles. The summed E-state index contributed by atoms with van der Waals surface area (Å²) in [4.78, 5) is 31.7. The fourth-order valence-electron chi connectivity index (χ4n) is 1.71. The second-order valence-electron chi connectivity index (χ2n) is 5.12. The van der Waals surface area contributed by atoms with Gasteiger partial charge < -0.3 is 14.6 Å². The molecular weight excluding hydrogens is 320 g/mol. The summed E-state index contributed by atoms with van der Waals surface area (Å²) in [5, 5.41) is 6.89. The van der Waals surface area contributed by atoms with Crippen molar-refractivity contribution >= 4 is 28.3 Å². The largest absolute Gasteiger partial charge is 0.465 e. The van der Waals surface area contributed by atoms with E-state index in [2.05, 4.69) is 25.2 Å². The summed E-state index contributed by atoms with van der Waals surface area (Å²) in [7, 11) is 1.29. The highest BCUT2D eigenvalue weighted by Crippen LogP contribution is 2.19. The number of carbonyl (C=O) groups excluding carboxylic acids is 2. The molecule has 9 heteroatoms. The third-order valence-corrected chi connectivity index (χ3v) is 3.83. The van der Waals surface area contributed by atoms with Gasteiger partial charge in [-0.05, 0) is 6.42 Å². The Morgan fingerprint density at radius 3 is 2.87 bits per heavy atom. The fraction of sp³-hybridized carbons (Fsp3) is 0.500. The molecule has 0 unspecified atom stereocenters. The standard InChI is InChI=1S/C14H18N4O4S/c1-8(2)12-17-11(22-18-12)6-4-5-10(19)16-14-15-7-9(23-14)13(20)21-3/h7-8H,4-6H2,1-3H3,(H,15,16,19). The Balaban J connectivity index is 1.76. The second kappa shape index (κ2) is 7.82. The molecule has 0 aliphatic carbocycles. The Bertz CT molecular complexity index is 680. The van der Waals surface area contributed by atoms with Crippen LogP contribution in [0.25, 0.3) is 0 Å². The number of carbonyl (C=O) groups is 2. The fourth-order valence-corrected chi connectivity index (χ4v) is 2.46. The molecule has 23 heavy (non-hydrogen) atoms. The number of rotatable bonds is 7. The molecule has 0 radical (unpaired) electrons. The van der Waals surface area contributed by atoms with E-state index in [9.17, 15) is 9.59 Å². The van der Waals surface area contributed by atoms with Crippen molar-refractivity contribution in [3.8, 4) is 0 Å². The molecule has 0 bridgehead atoms. The number of amides is 1. The molecule has 2 aromatic rings. The Morgan fingerprint density at radius 1 is 1.43 bits per heavy atom. The zero-order valence-corrected chi connectivity index (χ0v) is 14.0. The van der Waals surface area contributed by atoms with Crippen LogP contribution in [0, 0.1) is 0 Å². The molecule has 2 rings (SSSR count). The first kappa shape index (κ1) is 17.1. The van der Waals surface area contributed by atoms with Crippen LogP contribution >= 0.6 is 11.3 Å². The normalized spacial score (nSPS) is 10.8. The van der Waals surface area contributed by atoms with Gasteiger partial charge in [-0.2, -0.15) is 4.98 Å². The van der Waals surface area contributed by atoms with Gasteiger partial charge in [0.15, 0.2) is 11.0 Å². The molecule has 0 spiro atoms. The molecule has 0 fully saturated rings. The van der Waals surface area contributed by atoms with E-state index in [1.165, 1.54) is 13.3 Å². The van der Waals surface area contributed by atoms with Crippen molar-refractivity contribution in [2.45, 2.75) is 39.0 Å². The van der Waals surface area contributed by atoms with E-state index in [-0.39, 0.29) is 11.8 Å². The number of aryl methyl sites for hydroxylation is 1. The summed E-state index contributed by atoms with van der Waals surface area (Å²) in [5.74, 6) is 0.760. The molecule has 0 saturated carbocycles. The number of hydrogen-bond acceptors (Lipinski definition) is 8. The molecule has 2 aromatic heterocycles. The van der Waals surface area contributed by atoms with Crippen LogP contribution in [0.4, 0.5) is 5.13 Å². The van der Waals surface area contributed by atoms with Gasteiger partial charge in [0, 0.05) is 18.8 Å². The van der Waals surface area contributed by atoms with Crippen LogP contribution in [0.3, 0.4) is 0 Å². The van der Waals surface area contributed by atoms with Gasteiger partial charge in [0.1, 0.15) is 4.88 Å². The molecule has 1 amide bonds. The predicted molar refractivity (Wildman–Crippen MR) is 83.4 cm³/mol. The van der Waals surface area contributed by atoms with Crippen LogP contribution in [0.1, 0.15) is 54.0 Å². The number of ether oxygens (including phenoxy) is 1. The van der Waals surface area contributed by atoms with Gasteiger partial charge in [0.25, 0.3) is 0 Å². The first-order valence-corrected chi connectivity index (χ1v) is 7.97. The number of anilines is 1. The number of esters is 1. The van der Waals surface area contributed by atoms with E-state index in [4.69, 9.17) is 4.52 Å². The quantitative estimate of drug-likeness (QED) is 0.772. The molecule has 0 aliphatic heterocycles. The lowest BCUT2D eigenvalue weighted by Crippen LogP contribution is -2.11. The van der Waals surface area contributed by atoms with Crippen molar-refractivity contribution in [1.82, 2.24) is 15.1 Å². The third-order valence-electron chi connectivity index (χ3n) is 2.93. The molecule has 0 aromatic carbocycles. The molecule has 124 valence electrons. The van der Waals surface area contributed by atoms with Crippen molar-refractivity contribution < 1.29 is 18.8 Å². The van der Waals surface area contributed by atoms with Gasteiger partial charge in [-0.15, -0.1) is 0 Å². The van der Waals surface area contributed by atoms with E-state index in [1.54, 1.807) is 0 Å². The minimum Gasteiger partial charge on any atom is -0.465 e. The Kier molecular flexibility index (Phi) is 5.80. The monoisotopic (exact) mass is 338 g/mol. The van der Waals surface area contributed by atoms with Gasteiger partial charge in [0.2, 0.25) is 11.8 Å². The van der Waals surface area contributed by atoms with Crippen LogP contribution in [0.5, 0.6) is 0 Å². The number of methoxy groups -OCH3 is 1. The zero-order chi connectivity index (χ0) is 16.8. The van der Waals surface area contributed by atoms with E-state index in [0.29, 0.717) is 41.0 Å². The Labute approximate surface area is 137 Å². The van der Waals surface area contributed by atoms with E-state index in [0.717, 1.165) is 11.3 Å². The maximum Gasteiger partial charge on any atom is 0.349 e. The van der Waals surface area contributed by atoms with Crippen LogP contribution in [0.2, 0.25) is 0 Å². The number of nitrogens with zero attached hydrogens (tertiary/aromatic N) is 3. The van der Waals surface area contributed by atoms with E-state index in [1.807, 2.05) is 13.8 Å². The maximum absolute atomic E-state index is 11.8. The SMILES string of the molecule is COC(=O)c1cnc(NC(=O)CCCc2nc(C(C)C)no2)s1. The van der Waals surface area contributed by atoms with E-state index >= 15 is 0 Å². The topological polar surface area (TPSA) is 107 Å². The molecule has 0 atom stereocenters. The number of nitrogens with one attached hydrogen (secondary N) is 1. The summed E-state index contributed by atoms with van der Waals surface area (Å²) in [5.41, 5.74) is 0. The van der Waals surface area contributed by atoms with Gasteiger partial charge in [0.05, 0.1) is 13.3 Å². The number of aromatic nitrogens is 3. The van der Waals surface area contributed by atoms with Gasteiger partial charge in [-0.3, -0.25) is 4.79 Å². The molecule has 1 N–H and O–H groups in total. The molecular formula is C14H18N4O4S. The van der Waals surface area contributed by atoms with Crippen LogP contribution in [-0.4, -0.2) is 34.1 Å². The van der Waals surface area contributed by atoms with Crippen LogP contribution in [0.15, 0.2) is 10.7 Å². The first-order chi connectivity index (χ1) is 11.0. The second-order valence-corrected chi connectivity index (χ2v) is 6.15. The highest BCUT2D eigenvalue weighted by Gasteiger charge is 2.13. The average molecular weight is 338 g/mol. The lowest BCUT2D eigenvalue weighted by atomic mass is 10.2. The number of thiazole rings is 1. The Morgan fingerprint density at radius 2 is 2.22 bits per heavy atom. The zero-order valence-electron chi connectivity index (χ0n) is 13.2. The smallest absolute Gasteiger partial charge is 0.349 e. The van der Waals surface area contributed by atoms with Gasteiger partial charge in [-0.1, -0.05) is 30.3 Å². The van der Waals surface area contributed by atoms with Crippen LogP contribution in [-0.2, 0) is 16.0 Å².